The van der Waals surface area contributed by atoms with Crippen molar-refractivity contribution in [3.8, 4) is 0 Å². The summed E-state index contributed by atoms with van der Waals surface area (Å²) in [5, 5.41) is 3.86. The molecular formula is C26H26N2. The molecule has 0 saturated carbocycles. The Morgan fingerprint density at radius 1 is 0.929 bits per heavy atom. The van der Waals surface area contributed by atoms with E-state index in [-0.39, 0.29) is 11.5 Å². The predicted octanol–water partition coefficient (Wildman–Crippen LogP) is 5.41. The summed E-state index contributed by atoms with van der Waals surface area (Å²) in [7, 11) is 0. The molecule has 2 nitrogen and oxygen atoms in total. The molecule has 0 aromatic heterocycles. The maximum Gasteiger partial charge on any atom is 0.0629 e. The summed E-state index contributed by atoms with van der Waals surface area (Å²) in [5.74, 6) is 0.401. The standard InChI is InChI=1S/C26H26N2/c1-2-22-18-28(17-20-11-5-3-6-12-20)19-26(22)23-15-9-10-16-24(23)27-25(26)21-13-7-4-8-14-21/h2-16,22,25,27H,1,17-19H2/t22-,25-,26?/m0/s1. The molecule has 5 rings (SSSR count). The van der Waals surface area contributed by atoms with E-state index in [1.807, 2.05) is 0 Å². The van der Waals surface area contributed by atoms with Crippen LogP contribution in [0, 0.1) is 5.92 Å². The Morgan fingerprint density at radius 3 is 2.36 bits per heavy atom. The van der Waals surface area contributed by atoms with E-state index in [0.717, 1.165) is 19.6 Å². The maximum absolute atomic E-state index is 4.25. The van der Waals surface area contributed by atoms with Gasteiger partial charge in [-0.05, 0) is 22.8 Å². The zero-order valence-electron chi connectivity index (χ0n) is 16.1. The van der Waals surface area contributed by atoms with Crippen molar-refractivity contribution in [1.82, 2.24) is 4.90 Å². The van der Waals surface area contributed by atoms with Crippen LogP contribution in [0.1, 0.15) is 22.7 Å². The quantitative estimate of drug-likeness (QED) is 0.621. The minimum atomic E-state index is 0.00841. The number of rotatable bonds is 4. The fourth-order valence-corrected chi connectivity index (χ4v) is 5.31. The van der Waals surface area contributed by atoms with Gasteiger partial charge < -0.3 is 5.32 Å². The van der Waals surface area contributed by atoms with Crippen LogP contribution in [0.25, 0.3) is 0 Å². The number of nitrogens with zero attached hydrogens (tertiary/aromatic N) is 1. The Labute approximate surface area is 167 Å². The summed E-state index contributed by atoms with van der Waals surface area (Å²) >= 11 is 0. The van der Waals surface area contributed by atoms with Crippen molar-refractivity contribution in [2.45, 2.75) is 18.0 Å². The van der Waals surface area contributed by atoms with Gasteiger partial charge in [-0.2, -0.15) is 0 Å². The zero-order chi connectivity index (χ0) is 19.0. The fourth-order valence-electron chi connectivity index (χ4n) is 5.31. The molecule has 3 aromatic rings. The van der Waals surface area contributed by atoms with E-state index in [1.54, 1.807) is 0 Å². The molecule has 140 valence electrons. The lowest BCUT2D eigenvalue weighted by molar-refractivity contribution is 0.292. The second kappa shape index (κ2) is 6.96. The topological polar surface area (TPSA) is 15.3 Å². The highest BCUT2D eigenvalue weighted by molar-refractivity contribution is 5.65. The highest BCUT2D eigenvalue weighted by Crippen LogP contribution is 2.56. The maximum atomic E-state index is 4.25. The van der Waals surface area contributed by atoms with Crippen molar-refractivity contribution >= 4 is 5.69 Å². The van der Waals surface area contributed by atoms with Crippen LogP contribution in [0.15, 0.2) is 97.6 Å². The molecule has 0 bridgehead atoms. The molecule has 1 saturated heterocycles. The third-order valence-corrected chi connectivity index (χ3v) is 6.51. The minimum absolute atomic E-state index is 0.00841. The van der Waals surface area contributed by atoms with Gasteiger partial charge in [0.05, 0.1) is 6.04 Å². The van der Waals surface area contributed by atoms with Crippen LogP contribution in [-0.4, -0.2) is 18.0 Å². The lowest BCUT2D eigenvalue weighted by Crippen LogP contribution is -2.39. The number of nitrogens with one attached hydrogen (secondary N) is 1. The van der Waals surface area contributed by atoms with Gasteiger partial charge in [0.2, 0.25) is 0 Å². The molecule has 0 amide bonds. The number of anilines is 1. The Morgan fingerprint density at radius 2 is 1.61 bits per heavy atom. The molecule has 28 heavy (non-hydrogen) atoms. The molecule has 3 aromatic carbocycles. The monoisotopic (exact) mass is 366 g/mol. The molecule has 1 N–H and O–H groups in total. The van der Waals surface area contributed by atoms with Gasteiger partial charge in [-0.25, -0.2) is 0 Å². The predicted molar refractivity (Wildman–Crippen MR) is 116 cm³/mol. The van der Waals surface area contributed by atoms with Crippen LogP contribution in [0.5, 0.6) is 0 Å². The molecule has 3 atom stereocenters. The molecule has 0 radical (unpaired) electrons. The summed E-state index contributed by atoms with van der Waals surface area (Å²) in [5.41, 5.74) is 5.44. The van der Waals surface area contributed by atoms with E-state index in [4.69, 9.17) is 0 Å². The Kier molecular flexibility index (Phi) is 4.29. The van der Waals surface area contributed by atoms with E-state index in [9.17, 15) is 0 Å². The second-order valence-electron chi connectivity index (χ2n) is 8.07. The Bertz CT molecular complexity index is 966. The first-order valence-electron chi connectivity index (χ1n) is 10.1. The van der Waals surface area contributed by atoms with Crippen molar-refractivity contribution in [3.05, 3.63) is 114 Å². The summed E-state index contributed by atoms with van der Waals surface area (Å²) in [6.45, 7) is 7.30. The summed E-state index contributed by atoms with van der Waals surface area (Å²) < 4.78 is 0. The van der Waals surface area contributed by atoms with Crippen LogP contribution in [0.4, 0.5) is 5.69 Å². The molecule has 0 aliphatic carbocycles. The van der Waals surface area contributed by atoms with E-state index in [2.05, 4.69) is 108 Å². The average Bonchev–Trinajstić information content (AvgIpc) is 3.28. The van der Waals surface area contributed by atoms with Crippen molar-refractivity contribution in [1.29, 1.82) is 0 Å². The van der Waals surface area contributed by atoms with Crippen LogP contribution in [0.2, 0.25) is 0 Å². The number of fused-ring (bicyclic) bond motifs is 2. The first-order valence-corrected chi connectivity index (χ1v) is 10.1. The summed E-state index contributed by atoms with van der Waals surface area (Å²) in [6, 6.07) is 30.8. The number of para-hydroxylation sites is 1. The number of hydrogen-bond donors (Lipinski definition) is 1. The highest BCUT2D eigenvalue weighted by atomic mass is 15.2. The smallest absolute Gasteiger partial charge is 0.0629 e. The highest BCUT2D eigenvalue weighted by Gasteiger charge is 2.56. The van der Waals surface area contributed by atoms with Gasteiger partial charge in [0, 0.05) is 36.7 Å². The molecule has 1 spiro atoms. The van der Waals surface area contributed by atoms with Crippen molar-refractivity contribution in [2.24, 2.45) is 5.92 Å². The van der Waals surface area contributed by atoms with Gasteiger partial charge in [0.15, 0.2) is 0 Å². The summed E-state index contributed by atoms with van der Waals surface area (Å²) in [4.78, 5) is 2.60. The van der Waals surface area contributed by atoms with Crippen LogP contribution in [-0.2, 0) is 12.0 Å². The molecular weight excluding hydrogens is 340 g/mol. The van der Waals surface area contributed by atoms with Crippen molar-refractivity contribution in [3.63, 3.8) is 0 Å². The fraction of sp³-hybridized carbons (Fsp3) is 0.231. The van der Waals surface area contributed by atoms with Gasteiger partial charge in [0.1, 0.15) is 0 Å². The van der Waals surface area contributed by atoms with Gasteiger partial charge in [-0.1, -0.05) is 84.9 Å². The van der Waals surface area contributed by atoms with Crippen molar-refractivity contribution in [2.75, 3.05) is 18.4 Å². The van der Waals surface area contributed by atoms with Crippen LogP contribution in [0.3, 0.4) is 0 Å². The normalized spacial score (nSPS) is 26.1. The zero-order valence-corrected chi connectivity index (χ0v) is 16.1. The number of likely N-dealkylation sites (tertiary alicyclic amines) is 1. The van der Waals surface area contributed by atoms with Gasteiger partial charge >= 0.3 is 0 Å². The van der Waals surface area contributed by atoms with E-state index in [0.29, 0.717) is 5.92 Å². The summed E-state index contributed by atoms with van der Waals surface area (Å²) in [6.07, 6.45) is 2.19. The lowest BCUT2D eigenvalue weighted by atomic mass is 9.67. The largest absolute Gasteiger partial charge is 0.377 e. The Balaban J connectivity index is 1.58. The van der Waals surface area contributed by atoms with E-state index >= 15 is 0 Å². The van der Waals surface area contributed by atoms with E-state index in [1.165, 1.54) is 22.4 Å². The third kappa shape index (κ3) is 2.68. The molecule has 1 unspecified atom stereocenters. The van der Waals surface area contributed by atoms with Gasteiger partial charge in [0.25, 0.3) is 0 Å². The first kappa shape index (κ1) is 17.3. The molecule has 2 heteroatoms. The minimum Gasteiger partial charge on any atom is -0.377 e. The average molecular weight is 367 g/mol. The molecule has 2 aliphatic rings. The molecule has 1 fully saturated rings. The lowest BCUT2D eigenvalue weighted by Gasteiger charge is -2.36. The van der Waals surface area contributed by atoms with Crippen LogP contribution < -0.4 is 5.32 Å². The molecule has 2 aliphatic heterocycles. The van der Waals surface area contributed by atoms with E-state index < -0.39 is 0 Å². The number of hydrogen-bond acceptors (Lipinski definition) is 2. The third-order valence-electron chi connectivity index (χ3n) is 6.51. The second-order valence-corrected chi connectivity index (χ2v) is 8.07. The molecule has 2 heterocycles. The van der Waals surface area contributed by atoms with Crippen LogP contribution >= 0.6 is 0 Å². The number of benzene rings is 3. The van der Waals surface area contributed by atoms with Gasteiger partial charge in [-0.15, -0.1) is 6.58 Å². The van der Waals surface area contributed by atoms with Crippen molar-refractivity contribution < 1.29 is 0 Å². The Hall–Kier alpha value is -2.84. The SMILES string of the molecule is C=C[C@H]1CN(Cc2ccccc2)CC12c1ccccc1N[C@H]2c1ccccc1. The first-order chi connectivity index (χ1) is 13.8. The van der Waals surface area contributed by atoms with Gasteiger partial charge in [-0.3, -0.25) is 4.90 Å².